The molecule has 1 amide bonds. The number of rotatable bonds is 5. The molecular formula is C12H15N3O. The molecule has 0 aromatic carbocycles. The van der Waals surface area contributed by atoms with Gasteiger partial charge in [0.15, 0.2) is 0 Å². The first-order valence-corrected chi connectivity index (χ1v) is 5.16. The van der Waals surface area contributed by atoms with Crippen LogP contribution in [0.2, 0.25) is 0 Å². The summed E-state index contributed by atoms with van der Waals surface area (Å²) in [5.41, 5.74) is 5.49. The van der Waals surface area contributed by atoms with Crippen molar-refractivity contribution < 1.29 is 4.79 Å². The van der Waals surface area contributed by atoms with E-state index in [0.29, 0.717) is 11.4 Å². The summed E-state index contributed by atoms with van der Waals surface area (Å²) in [6, 6.07) is 3.29. The molecule has 0 aliphatic rings. The zero-order chi connectivity index (χ0) is 12.0. The van der Waals surface area contributed by atoms with E-state index in [1.54, 1.807) is 12.1 Å². The smallest absolute Gasteiger partial charge is 0.250 e. The largest absolute Gasteiger partial charge is 0.366 e. The zero-order valence-electron chi connectivity index (χ0n) is 9.23. The third-order valence-corrected chi connectivity index (χ3v) is 2.15. The first-order valence-electron chi connectivity index (χ1n) is 5.16. The van der Waals surface area contributed by atoms with Crippen LogP contribution in [0.5, 0.6) is 0 Å². The second-order valence-electron chi connectivity index (χ2n) is 3.45. The van der Waals surface area contributed by atoms with E-state index in [-0.39, 0.29) is 6.04 Å². The second-order valence-corrected chi connectivity index (χ2v) is 3.45. The Kier molecular flexibility index (Phi) is 4.34. The quantitative estimate of drug-likeness (QED) is 0.732. The predicted molar refractivity (Wildman–Crippen MR) is 63.9 cm³/mol. The first kappa shape index (κ1) is 12.1. The molecule has 0 spiro atoms. The number of nitrogens with one attached hydrogen (secondary N) is 1. The maximum absolute atomic E-state index is 10.8. The molecule has 1 aromatic heterocycles. The van der Waals surface area contributed by atoms with Crippen LogP contribution >= 0.6 is 0 Å². The van der Waals surface area contributed by atoms with Crippen molar-refractivity contribution in [2.45, 2.75) is 25.8 Å². The number of carbonyl (C=O) groups excluding carboxylic acids is 1. The molecule has 1 rings (SSSR count). The first-order chi connectivity index (χ1) is 7.67. The Morgan fingerprint density at radius 1 is 1.69 bits per heavy atom. The molecule has 4 nitrogen and oxygen atoms in total. The van der Waals surface area contributed by atoms with E-state index in [2.05, 4.69) is 23.1 Å². The molecular weight excluding hydrogens is 202 g/mol. The van der Waals surface area contributed by atoms with Gasteiger partial charge in [-0.3, -0.25) is 4.79 Å². The van der Waals surface area contributed by atoms with E-state index in [0.717, 1.165) is 12.8 Å². The molecule has 16 heavy (non-hydrogen) atoms. The number of carbonyl (C=O) groups is 1. The number of nitrogens with two attached hydrogens (primary N) is 1. The van der Waals surface area contributed by atoms with E-state index in [9.17, 15) is 4.79 Å². The minimum atomic E-state index is -0.485. The SMILES string of the molecule is C#CC(CCC)Nc1ccc(C(N)=O)cn1. The Morgan fingerprint density at radius 2 is 2.44 bits per heavy atom. The highest BCUT2D eigenvalue weighted by Crippen LogP contribution is 2.08. The Morgan fingerprint density at radius 3 is 2.88 bits per heavy atom. The van der Waals surface area contributed by atoms with E-state index < -0.39 is 5.91 Å². The highest BCUT2D eigenvalue weighted by atomic mass is 16.1. The van der Waals surface area contributed by atoms with E-state index in [1.165, 1.54) is 6.20 Å². The zero-order valence-corrected chi connectivity index (χ0v) is 9.23. The van der Waals surface area contributed by atoms with Gasteiger partial charge in [0.2, 0.25) is 5.91 Å². The number of hydrogen-bond acceptors (Lipinski definition) is 3. The molecule has 0 saturated heterocycles. The number of aromatic nitrogens is 1. The Labute approximate surface area is 95.3 Å². The van der Waals surface area contributed by atoms with Crippen molar-refractivity contribution in [2.24, 2.45) is 5.73 Å². The summed E-state index contributed by atoms with van der Waals surface area (Å²) >= 11 is 0. The minimum Gasteiger partial charge on any atom is -0.366 e. The van der Waals surface area contributed by atoms with E-state index >= 15 is 0 Å². The van der Waals surface area contributed by atoms with Crippen molar-refractivity contribution >= 4 is 11.7 Å². The second kappa shape index (κ2) is 5.76. The number of pyridine rings is 1. The van der Waals surface area contributed by atoms with Gasteiger partial charge in [-0.05, 0) is 18.6 Å². The van der Waals surface area contributed by atoms with Crippen molar-refractivity contribution in [3.8, 4) is 12.3 Å². The fourth-order valence-electron chi connectivity index (χ4n) is 1.29. The topological polar surface area (TPSA) is 68.0 Å². The molecule has 0 aliphatic carbocycles. The lowest BCUT2D eigenvalue weighted by Gasteiger charge is -2.12. The Bertz CT molecular complexity index is 392. The lowest BCUT2D eigenvalue weighted by Crippen LogP contribution is -2.18. The van der Waals surface area contributed by atoms with Crippen LogP contribution in [-0.2, 0) is 0 Å². The third-order valence-electron chi connectivity index (χ3n) is 2.15. The summed E-state index contributed by atoms with van der Waals surface area (Å²) in [5.74, 6) is 2.82. The predicted octanol–water partition coefficient (Wildman–Crippen LogP) is 1.39. The molecule has 4 heteroatoms. The molecule has 0 fully saturated rings. The Hall–Kier alpha value is -2.02. The summed E-state index contributed by atoms with van der Waals surface area (Å²) in [6.45, 7) is 2.07. The van der Waals surface area contributed by atoms with Gasteiger partial charge in [0.25, 0.3) is 0 Å². The van der Waals surface area contributed by atoms with Crippen molar-refractivity contribution in [1.29, 1.82) is 0 Å². The molecule has 0 saturated carbocycles. The van der Waals surface area contributed by atoms with Gasteiger partial charge in [-0.25, -0.2) is 4.98 Å². The number of terminal acetylenes is 1. The number of hydrogen-bond donors (Lipinski definition) is 2. The standard InChI is InChI=1S/C12H15N3O/c1-3-5-10(4-2)15-11-7-6-9(8-14-11)12(13)16/h2,6-8,10H,3,5H2,1H3,(H2,13,16)(H,14,15). The fraction of sp³-hybridized carbons (Fsp3) is 0.333. The van der Waals surface area contributed by atoms with E-state index in [4.69, 9.17) is 12.2 Å². The van der Waals surface area contributed by atoms with Gasteiger partial charge in [-0.2, -0.15) is 0 Å². The third kappa shape index (κ3) is 3.28. The van der Waals surface area contributed by atoms with Gasteiger partial charge in [0, 0.05) is 6.20 Å². The van der Waals surface area contributed by atoms with E-state index in [1.807, 2.05) is 0 Å². The monoisotopic (exact) mass is 217 g/mol. The summed E-state index contributed by atoms with van der Waals surface area (Å²) < 4.78 is 0. The van der Waals surface area contributed by atoms with Crippen LogP contribution in [-0.4, -0.2) is 16.9 Å². The number of anilines is 1. The van der Waals surface area contributed by atoms with Crippen LogP contribution in [0.1, 0.15) is 30.1 Å². The van der Waals surface area contributed by atoms with Crippen LogP contribution in [0.3, 0.4) is 0 Å². The average molecular weight is 217 g/mol. The molecule has 0 radical (unpaired) electrons. The summed E-state index contributed by atoms with van der Waals surface area (Å²) in [7, 11) is 0. The van der Waals surface area contributed by atoms with Gasteiger partial charge in [-0.15, -0.1) is 6.42 Å². The van der Waals surface area contributed by atoms with Gasteiger partial charge in [0.1, 0.15) is 5.82 Å². The average Bonchev–Trinajstić information content (AvgIpc) is 2.29. The molecule has 84 valence electrons. The van der Waals surface area contributed by atoms with Crippen LogP contribution in [0.4, 0.5) is 5.82 Å². The maximum Gasteiger partial charge on any atom is 0.250 e. The van der Waals surface area contributed by atoms with Gasteiger partial charge in [-0.1, -0.05) is 19.3 Å². The van der Waals surface area contributed by atoms with Gasteiger partial charge in [0.05, 0.1) is 11.6 Å². The normalized spacial score (nSPS) is 11.5. The summed E-state index contributed by atoms with van der Waals surface area (Å²) in [6.07, 6.45) is 8.69. The summed E-state index contributed by atoms with van der Waals surface area (Å²) in [4.78, 5) is 14.9. The van der Waals surface area contributed by atoms with Crippen LogP contribution in [0, 0.1) is 12.3 Å². The molecule has 0 aliphatic heterocycles. The van der Waals surface area contributed by atoms with Crippen molar-refractivity contribution in [3.63, 3.8) is 0 Å². The Balaban J connectivity index is 2.68. The molecule has 1 unspecified atom stereocenters. The van der Waals surface area contributed by atoms with Crippen LogP contribution in [0.25, 0.3) is 0 Å². The number of primary amides is 1. The summed E-state index contributed by atoms with van der Waals surface area (Å²) in [5, 5.41) is 3.10. The van der Waals surface area contributed by atoms with Crippen molar-refractivity contribution in [1.82, 2.24) is 4.98 Å². The van der Waals surface area contributed by atoms with Gasteiger partial charge >= 0.3 is 0 Å². The molecule has 1 atom stereocenters. The highest BCUT2D eigenvalue weighted by Gasteiger charge is 2.05. The minimum absolute atomic E-state index is 0.0306. The molecule has 1 heterocycles. The van der Waals surface area contributed by atoms with Crippen LogP contribution < -0.4 is 11.1 Å². The number of amides is 1. The fourth-order valence-corrected chi connectivity index (χ4v) is 1.29. The lowest BCUT2D eigenvalue weighted by molar-refractivity contribution is 0.1000. The van der Waals surface area contributed by atoms with Crippen molar-refractivity contribution in [3.05, 3.63) is 23.9 Å². The molecule has 3 N–H and O–H groups in total. The highest BCUT2D eigenvalue weighted by molar-refractivity contribution is 5.92. The molecule has 0 bridgehead atoms. The maximum atomic E-state index is 10.8. The van der Waals surface area contributed by atoms with Crippen LogP contribution in [0.15, 0.2) is 18.3 Å². The molecule has 1 aromatic rings. The van der Waals surface area contributed by atoms with Crippen molar-refractivity contribution in [2.75, 3.05) is 5.32 Å². The lowest BCUT2D eigenvalue weighted by atomic mass is 10.2. The van der Waals surface area contributed by atoms with Gasteiger partial charge < -0.3 is 11.1 Å². The number of nitrogens with zero attached hydrogens (tertiary/aromatic N) is 1.